The van der Waals surface area contributed by atoms with E-state index >= 15 is 0 Å². The summed E-state index contributed by atoms with van der Waals surface area (Å²) < 4.78 is 4.99. The van der Waals surface area contributed by atoms with Gasteiger partial charge in [0.2, 0.25) is 0 Å². The molecule has 0 saturated heterocycles. The highest BCUT2D eigenvalue weighted by atomic mass is 16.5. The molecule has 2 aromatic rings. The van der Waals surface area contributed by atoms with Gasteiger partial charge in [0, 0.05) is 5.69 Å². The maximum absolute atomic E-state index is 12.1. The number of aryl methyl sites for hydroxylation is 1. The average Bonchev–Trinajstić information content (AvgIpc) is 2.68. The van der Waals surface area contributed by atoms with Gasteiger partial charge >= 0.3 is 5.97 Å². The smallest absolute Gasteiger partial charge is 0.349 e. The van der Waals surface area contributed by atoms with Crippen LogP contribution < -0.4 is 5.32 Å². The Kier molecular flexibility index (Phi) is 7.11. The molecule has 1 amide bonds. The third kappa shape index (κ3) is 5.55. The SMILES string of the molecule is Cc1cccc(NC(=O)COC(=O)/C(C#N)=C/c2ccc(C(C)C)cc2)c1C. The first-order valence-corrected chi connectivity index (χ1v) is 9.06. The van der Waals surface area contributed by atoms with Gasteiger partial charge in [0.1, 0.15) is 11.6 Å². The van der Waals surface area contributed by atoms with Crippen LogP contribution >= 0.6 is 0 Å². The van der Waals surface area contributed by atoms with Gasteiger partial charge in [0.05, 0.1) is 0 Å². The molecule has 0 bridgehead atoms. The van der Waals surface area contributed by atoms with Crippen molar-refractivity contribution < 1.29 is 14.3 Å². The zero-order valence-electron chi connectivity index (χ0n) is 16.6. The molecule has 5 nitrogen and oxygen atoms in total. The van der Waals surface area contributed by atoms with Crippen LogP contribution in [0.1, 0.15) is 42.0 Å². The molecule has 28 heavy (non-hydrogen) atoms. The van der Waals surface area contributed by atoms with Gasteiger partial charge in [0.15, 0.2) is 6.61 Å². The van der Waals surface area contributed by atoms with Gasteiger partial charge in [0.25, 0.3) is 5.91 Å². The maximum Gasteiger partial charge on any atom is 0.349 e. The molecular weight excluding hydrogens is 352 g/mol. The summed E-state index contributed by atoms with van der Waals surface area (Å²) in [6, 6.07) is 15.0. The Morgan fingerprint density at radius 3 is 2.43 bits per heavy atom. The molecule has 0 spiro atoms. The minimum Gasteiger partial charge on any atom is -0.451 e. The Morgan fingerprint density at radius 1 is 1.14 bits per heavy atom. The number of esters is 1. The molecule has 2 aromatic carbocycles. The zero-order chi connectivity index (χ0) is 20.7. The number of carbonyl (C=O) groups excluding carboxylic acids is 2. The quantitative estimate of drug-likeness (QED) is 0.457. The molecule has 0 aliphatic heterocycles. The summed E-state index contributed by atoms with van der Waals surface area (Å²) in [7, 11) is 0. The number of nitrogens with one attached hydrogen (secondary N) is 1. The van der Waals surface area contributed by atoms with Gasteiger partial charge in [-0.15, -0.1) is 0 Å². The molecule has 0 aliphatic rings. The number of carbonyl (C=O) groups is 2. The van der Waals surface area contributed by atoms with E-state index < -0.39 is 18.5 Å². The van der Waals surface area contributed by atoms with Crippen molar-refractivity contribution in [3.05, 3.63) is 70.3 Å². The van der Waals surface area contributed by atoms with Crippen molar-refractivity contribution in [2.45, 2.75) is 33.6 Å². The molecule has 0 aliphatic carbocycles. The molecule has 5 heteroatoms. The third-order valence-corrected chi connectivity index (χ3v) is 4.47. The van der Waals surface area contributed by atoms with E-state index in [1.54, 1.807) is 6.07 Å². The van der Waals surface area contributed by atoms with Crippen molar-refractivity contribution in [2.24, 2.45) is 0 Å². The molecule has 0 saturated carbocycles. The number of hydrogen-bond acceptors (Lipinski definition) is 4. The van der Waals surface area contributed by atoms with E-state index in [9.17, 15) is 14.9 Å². The lowest BCUT2D eigenvalue weighted by molar-refractivity contribution is -0.142. The molecule has 0 fully saturated rings. The molecular formula is C23H24N2O3. The monoisotopic (exact) mass is 376 g/mol. The predicted octanol–water partition coefficient (Wildman–Crippen LogP) is 4.52. The number of hydrogen-bond donors (Lipinski definition) is 1. The average molecular weight is 376 g/mol. The highest BCUT2D eigenvalue weighted by Crippen LogP contribution is 2.18. The fourth-order valence-corrected chi connectivity index (χ4v) is 2.56. The normalized spacial score (nSPS) is 11.1. The first-order valence-electron chi connectivity index (χ1n) is 9.06. The molecule has 2 rings (SSSR count). The van der Waals surface area contributed by atoms with Gasteiger partial charge in [-0.2, -0.15) is 5.26 Å². The van der Waals surface area contributed by atoms with E-state index in [1.807, 2.05) is 56.3 Å². The van der Waals surface area contributed by atoms with Crippen molar-refractivity contribution in [1.29, 1.82) is 5.26 Å². The lowest BCUT2D eigenvalue weighted by Crippen LogP contribution is -2.21. The van der Waals surface area contributed by atoms with E-state index in [2.05, 4.69) is 19.2 Å². The minimum atomic E-state index is -0.827. The summed E-state index contributed by atoms with van der Waals surface area (Å²) >= 11 is 0. The second-order valence-corrected chi connectivity index (χ2v) is 6.86. The van der Waals surface area contributed by atoms with Crippen LogP contribution in [0.3, 0.4) is 0 Å². The Hall–Kier alpha value is -3.39. The van der Waals surface area contributed by atoms with E-state index in [-0.39, 0.29) is 5.57 Å². The Balaban J connectivity index is 1.99. The van der Waals surface area contributed by atoms with Crippen LogP contribution in [0.5, 0.6) is 0 Å². The predicted molar refractivity (Wildman–Crippen MR) is 110 cm³/mol. The summed E-state index contributed by atoms with van der Waals surface area (Å²) in [5.74, 6) is -0.888. The molecule has 0 radical (unpaired) electrons. The van der Waals surface area contributed by atoms with Crippen LogP contribution in [0.4, 0.5) is 5.69 Å². The summed E-state index contributed by atoms with van der Waals surface area (Å²) in [4.78, 5) is 24.2. The lowest BCUT2D eigenvalue weighted by Gasteiger charge is -2.10. The van der Waals surface area contributed by atoms with Crippen LogP contribution in [0.15, 0.2) is 48.0 Å². The van der Waals surface area contributed by atoms with Gasteiger partial charge < -0.3 is 10.1 Å². The summed E-state index contributed by atoms with van der Waals surface area (Å²) in [5, 5.41) is 12.0. The maximum atomic E-state index is 12.1. The second-order valence-electron chi connectivity index (χ2n) is 6.86. The summed E-state index contributed by atoms with van der Waals surface area (Å²) in [6.45, 7) is 7.57. The molecule has 1 N–H and O–H groups in total. The second kappa shape index (κ2) is 9.52. The van der Waals surface area contributed by atoms with Crippen molar-refractivity contribution >= 4 is 23.6 Å². The van der Waals surface area contributed by atoms with Crippen LogP contribution in [-0.2, 0) is 14.3 Å². The van der Waals surface area contributed by atoms with Gasteiger partial charge in [-0.25, -0.2) is 4.79 Å². The fourth-order valence-electron chi connectivity index (χ4n) is 2.56. The number of nitriles is 1. The van der Waals surface area contributed by atoms with Crippen LogP contribution in [0.25, 0.3) is 6.08 Å². The molecule has 144 valence electrons. The zero-order valence-corrected chi connectivity index (χ0v) is 16.6. The summed E-state index contributed by atoms with van der Waals surface area (Å²) in [6.07, 6.45) is 1.45. The topological polar surface area (TPSA) is 79.2 Å². The number of benzene rings is 2. The van der Waals surface area contributed by atoms with Crippen LogP contribution in [0.2, 0.25) is 0 Å². The van der Waals surface area contributed by atoms with E-state index in [0.29, 0.717) is 11.6 Å². The largest absolute Gasteiger partial charge is 0.451 e. The number of ether oxygens (including phenoxy) is 1. The Bertz CT molecular complexity index is 935. The van der Waals surface area contributed by atoms with Gasteiger partial charge in [-0.1, -0.05) is 50.2 Å². The minimum absolute atomic E-state index is 0.156. The highest BCUT2D eigenvalue weighted by Gasteiger charge is 2.14. The first kappa shape index (κ1) is 20.9. The van der Waals surface area contributed by atoms with Crippen LogP contribution in [-0.4, -0.2) is 18.5 Å². The van der Waals surface area contributed by atoms with Crippen LogP contribution in [0, 0.1) is 25.2 Å². The van der Waals surface area contributed by atoms with E-state index in [4.69, 9.17) is 4.74 Å². The molecule has 0 atom stereocenters. The summed E-state index contributed by atoms with van der Waals surface area (Å²) in [5.41, 5.74) is 4.40. The van der Waals surface area contributed by atoms with Gasteiger partial charge in [-0.05, 0) is 54.2 Å². The molecule has 0 heterocycles. The first-order chi connectivity index (χ1) is 13.3. The standard InChI is InChI=1S/C23H24N2O3/c1-15(2)19-10-8-18(9-11-19)12-20(13-24)23(27)28-14-22(26)25-21-7-5-6-16(3)17(21)4/h5-12,15H,14H2,1-4H3,(H,25,26)/b20-12+. The fraction of sp³-hybridized carbons (Fsp3) is 0.261. The Labute approximate surface area is 165 Å². The molecule has 0 aromatic heterocycles. The lowest BCUT2D eigenvalue weighted by atomic mass is 10.0. The van der Waals surface area contributed by atoms with Crippen molar-refractivity contribution in [1.82, 2.24) is 0 Å². The Morgan fingerprint density at radius 2 is 1.82 bits per heavy atom. The number of anilines is 1. The number of rotatable bonds is 6. The number of amides is 1. The van der Waals surface area contributed by atoms with Crippen molar-refractivity contribution in [2.75, 3.05) is 11.9 Å². The molecule has 0 unspecified atom stereocenters. The van der Waals surface area contributed by atoms with E-state index in [1.165, 1.54) is 11.6 Å². The van der Waals surface area contributed by atoms with E-state index in [0.717, 1.165) is 16.7 Å². The van der Waals surface area contributed by atoms with Crippen molar-refractivity contribution in [3.63, 3.8) is 0 Å². The van der Waals surface area contributed by atoms with Gasteiger partial charge in [-0.3, -0.25) is 4.79 Å². The van der Waals surface area contributed by atoms with Crippen molar-refractivity contribution in [3.8, 4) is 6.07 Å². The number of nitrogens with zero attached hydrogens (tertiary/aromatic N) is 1. The highest BCUT2D eigenvalue weighted by molar-refractivity contribution is 6.00. The third-order valence-electron chi connectivity index (χ3n) is 4.47.